The number of ether oxygens (including phenoxy) is 2. The summed E-state index contributed by atoms with van der Waals surface area (Å²) in [6, 6.07) is 9.89. The van der Waals surface area contributed by atoms with Crippen molar-refractivity contribution >= 4 is 0 Å². The van der Waals surface area contributed by atoms with E-state index in [1.165, 1.54) is 0 Å². The fraction of sp³-hybridized carbons (Fsp3) is 0.429. The molecule has 0 unspecified atom stereocenters. The lowest BCUT2D eigenvalue weighted by molar-refractivity contribution is -0.148. The summed E-state index contributed by atoms with van der Waals surface area (Å²) in [5.41, 5.74) is 1.00. The Morgan fingerprint density at radius 3 is 2.90 bits per heavy atom. The van der Waals surface area contributed by atoms with Crippen LogP contribution in [0.5, 0.6) is 11.5 Å². The highest BCUT2D eigenvalue weighted by Crippen LogP contribution is 2.39. The van der Waals surface area contributed by atoms with Gasteiger partial charge in [-0.3, -0.25) is 4.84 Å². The number of hydrogen-bond acceptors (Lipinski definition) is 6. The second kappa shape index (κ2) is 5.38. The molecule has 0 N–H and O–H groups in total. The molecule has 2 atom stereocenters. The highest BCUT2D eigenvalue weighted by molar-refractivity contribution is 5.45. The monoisotopic (exact) mass is 271 g/mol. The van der Waals surface area contributed by atoms with Crippen LogP contribution < -0.4 is 9.47 Å². The fourth-order valence-electron chi connectivity index (χ4n) is 2.47. The summed E-state index contributed by atoms with van der Waals surface area (Å²) >= 11 is 0. The van der Waals surface area contributed by atoms with E-state index in [1.54, 1.807) is 5.06 Å². The first-order chi connectivity index (χ1) is 9.81. The van der Waals surface area contributed by atoms with Gasteiger partial charge in [-0.2, -0.15) is 15.6 Å². The lowest BCUT2D eigenvalue weighted by Crippen LogP contribution is -2.23. The summed E-state index contributed by atoms with van der Waals surface area (Å²) in [6.45, 7) is 0.715. The van der Waals surface area contributed by atoms with Gasteiger partial charge in [0.2, 0.25) is 6.79 Å². The first-order valence-corrected chi connectivity index (χ1v) is 6.41. The van der Waals surface area contributed by atoms with Gasteiger partial charge in [-0.25, -0.2) is 0 Å². The predicted molar refractivity (Wildman–Crippen MR) is 67.3 cm³/mol. The van der Waals surface area contributed by atoms with E-state index in [4.69, 9.17) is 24.8 Å². The molecule has 6 heteroatoms. The summed E-state index contributed by atoms with van der Waals surface area (Å²) in [5, 5.41) is 19.4. The molecular weight excluding hydrogens is 258 g/mol. The van der Waals surface area contributed by atoms with Gasteiger partial charge in [0, 0.05) is 13.0 Å². The van der Waals surface area contributed by atoms with Gasteiger partial charge in [-0.15, -0.1) is 0 Å². The molecule has 6 nitrogen and oxygen atoms in total. The van der Waals surface area contributed by atoms with E-state index in [0.717, 1.165) is 11.3 Å². The number of nitriles is 2. The Bertz CT molecular complexity index is 590. The molecule has 102 valence electrons. The number of benzene rings is 1. The van der Waals surface area contributed by atoms with Gasteiger partial charge in [0.15, 0.2) is 17.6 Å². The number of rotatable bonds is 3. The van der Waals surface area contributed by atoms with Crippen molar-refractivity contribution < 1.29 is 14.3 Å². The van der Waals surface area contributed by atoms with Gasteiger partial charge in [0.1, 0.15) is 0 Å². The molecular formula is C14H13N3O3. The van der Waals surface area contributed by atoms with Crippen molar-refractivity contribution in [3.05, 3.63) is 23.8 Å². The molecule has 20 heavy (non-hydrogen) atoms. The van der Waals surface area contributed by atoms with Crippen molar-refractivity contribution in [1.29, 1.82) is 10.5 Å². The van der Waals surface area contributed by atoms with E-state index in [9.17, 15) is 0 Å². The highest BCUT2D eigenvalue weighted by Gasteiger charge is 2.35. The lowest BCUT2D eigenvalue weighted by Gasteiger charge is -2.21. The Kier molecular flexibility index (Phi) is 3.42. The molecule has 0 aliphatic carbocycles. The minimum atomic E-state index is -0.468. The third-order valence-corrected chi connectivity index (χ3v) is 3.42. The second-order valence-electron chi connectivity index (χ2n) is 4.64. The fourth-order valence-corrected chi connectivity index (χ4v) is 2.47. The van der Waals surface area contributed by atoms with Crippen LogP contribution in [0.25, 0.3) is 0 Å². The quantitative estimate of drug-likeness (QED) is 0.835. The molecule has 0 saturated carbocycles. The predicted octanol–water partition coefficient (Wildman–Crippen LogP) is 1.90. The molecule has 2 aliphatic heterocycles. The number of hydrogen-bond donors (Lipinski definition) is 0. The molecule has 0 spiro atoms. The minimum absolute atomic E-state index is 0.0394. The van der Waals surface area contributed by atoms with Crippen LogP contribution in [0.1, 0.15) is 24.4 Å². The summed E-state index contributed by atoms with van der Waals surface area (Å²) in [7, 11) is 0. The van der Waals surface area contributed by atoms with Crippen LogP contribution >= 0.6 is 0 Å². The van der Waals surface area contributed by atoms with Gasteiger partial charge in [0.25, 0.3) is 0 Å². The molecule has 1 saturated heterocycles. The lowest BCUT2D eigenvalue weighted by atomic mass is 10.0. The zero-order chi connectivity index (χ0) is 13.9. The molecule has 0 aromatic heterocycles. The Labute approximate surface area is 116 Å². The Balaban J connectivity index is 1.83. The summed E-state index contributed by atoms with van der Waals surface area (Å²) < 4.78 is 10.7. The molecule has 2 aliphatic rings. The van der Waals surface area contributed by atoms with Crippen LogP contribution in [0, 0.1) is 22.7 Å². The molecule has 1 fully saturated rings. The first-order valence-electron chi connectivity index (χ1n) is 6.41. The normalized spacial score (nSPS) is 24.3. The average molecular weight is 271 g/mol. The molecule has 2 heterocycles. The van der Waals surface area contributed by atoms with Crippen LogP contribution in [0.3, 0.4) is 0 Å². The minimum Gasteiger partial charge on any atom is -0.454 e. The first kappa shape index (κ1) is 12.7. The number of hydroxylamine groups is 2. The molecule has 0 amide bonds. The van der Waals surface area contributed by atoms with Crippen LogP contribution in [0.2, 0.25) is 0 Å². The molecule has 1 aromatic rings. The van der Waals surface area contributed by atoms with E-state index in [-0.39, 0.29) is 12.8 Å². The SMILES string of the molecule is N#CCCN1O[C@H](C#N)C[C@@H]1c1ccc2c(c1)OCO2. The third kappa shape index (κ3) is 2.27. The molecule has 3 rings (SSSR count). The summed E-state index contributed by atoms with van der Waals surface area (Å²) in [4.78, 5) is 5.55. The Morgan fingerprint density at radius 2 is 2.10 bits per heavy atom. The maximum atomic E-state index is 9.02. The Morgan fingerprint density at radius 1 is 1.25 bits per heavy atom. The maximum absolute atomic E-state index is 9.02. The largest absolute Gasteiger partial charge is 0.454 e. The molecule has 0 radical (unpaired) electrons. The number of nitrogens with zero attached hydrogens (tertiary/aromatic N) is 3. The van der Waals surface area contributed by atoms with E-state index < -0.39 is 6.10 Å². The van der Waals surface area contributed by atoms with Gasteiger partial charge in [-0.1, -0.05) is 6.07 Å². The van der Waals surface area contributed by atoms with Crippen LogP contribution in [-0.4, -0.2) is 24.5 Å². The van der Waals surface area contributed by atoms with Gasteiger partial charge in [-0.05, 0) is 17.7 Å². The third-order valence-electron chi connectivity index (χ3n) is 3.42. The zero-order valence-electron chi connectivity index (χ0n) is 10.8. The van der Waals surface area contributed by atoms with Crippen molar-refractivity contribution in [3.8, 4) is 23.6 Å². The highest BCUT2D eigenvalue weighted by atomic mass is 16.7. The molecule has 1 aromatic carbocycles. The van der Waals surface area contributed by atoms with Crippen molar-refractivity contribution in [1.82, 2.24) is 5.06 Å². The van der Waals surface area contributed by atoms with Gasteiger partial charge in [0.05, 0.1) is 24.6 Å². The smallest absolute Gasteiger partial charge is 0.231 e. The van der Waals surface area contributed by atoms with Crippen molar-refractivity contribution in [2.75, 3.05) is 13.3 Å². The Hall–Kier alpha value is -2.28. The second-order valence-corrected chi connectivity index (χ2v) is 4.64. The summed E-state index contributed by atoms with van der Waals surface area (Å²) in [5.74, 6) is 1.44. The van der Waals surface area contributed by atoms with E-state index in [1.807, 2.05) is 18.2 Å². The van der Waals surface area contributed by atoms with E-state index in [2.05, 4.69) is 12.1 Å². The standard InChI is InChI=1S/C14H13N3O3/c15-4-1-5-17-12(7-11(8-16)20-17)10-2-3-13-14(6-10)19-9-18-13/h2-3,6,11-12H,1,5,7,9H2/t11-,12+/m0/s1. The molecule has 0 bridgehead atoms. The average Bonchev–Trinajstić information content (AvgIpc) is 3.10. The van der Waals surface area contributed by atoms with Crippen molar-refractivity contribution in [3.63, 3.8) is 0 Å². The van der Waals surface area contributed by atoms with Crippen molar-refractivity contribution in [2.24, 2.45) is 0 Å². The van der Waals surface area contributed by atoms with Crippen molar-refractivity contribution in [2.45, 2.75) is 25.0 Å². The topological polar surface area (TPSA) is 78.5 Å². The zero-order valence-corrected chi connectivity index (χ0v) is 10.8. The number of fused-ring (bicyclic) bond motifs is 1. The van der Waals surface area contributed by atoms with Crippen LogP contribution in [-0.2, 0) is 4.84 Å². The maximum Gasteiger partial charge on any atom is 0.231 e. The van der Waals surface area contributed by atoms with E-state index >= 15 is 0 Å². The van der Waals surface area contributed by atoms with E-state index in [0.29, 0.717) is 25.1 Å². The van der Waals surface area contributed by atoms with Crippen LogP contribution in [0.15, 0.2) is 18.2 Å². The summed E-state index contributed by atoms with van der Waals surface area (Å²) in [6.07, 6.45) is 0.477. The van der Waals surface area contributed by atoms with Gasteiger partial charge >= 0.3 is 0 Å². The van der Waals surface area contributed by atoms with Crippen LogP contribution in [0.4, 0.5) is 0 Å². The van der Waals surface area contributed by atoms with Gasteiger partial charge < -0.3 is 9.47 Å².